The van der Waals surface area contributed by atoms with Crippen molar-refractivity contribution in [1.82, 2.24) is 4.98 Å². The van der Waals surface area contributed by atoms with Crippen molar-refractivity contribution in [3.63, 3.8) is 0 Å². The van der Waals surface area contributed by atoms with Gasteiger partial charge in [0.2, 0.25) is 0 Å². The highest BCUT2D eigenvalue weighted by Crippen LogP contribution is 2.52. The molecule has 4 heteroatoms. The fourth-order valence-electron chi connectivity index (χ4n) is 4.83. The predicted octanol–water partition coefficient (Wildman–Crippen LogP) is 6.39. The molecule has 4 aromatic rings. The minimum Gasteiger partial charge on any atom is -0.454 e. The summed E-state index contributed by atoms with van der Waals surface area (Å²) >= 11 is 0. The van der Waals surface area contributed by atoms with Crippen LogP contribution in [0.3, 0.4) is 0 Å². The largest absolute Gasteiger partial charge is 0.454 e. The lowest BCUT2D eigenvalue weighted by Crippen LogP contribution is -2.53. The summed E-state index contributed by atoms with van der Waals surface area (Å²) in [6.07, 6.45) is 1.88. The molecule has 0 unspecified atom stereocenters. The van der Waals surface area contributed by atoms with Gasteiger partial charge in [0, 0.05) is 23.0 Å². The van der Waals surface area contributed by atoms with Gasteiger partial charge in [-0.05, 0) is 58.4 Å². The van der Waals surface area contributed by atoms with Crippen molar-refractivity contribution in [2.24, 2.45) is 0 Å². The summed E-state index contributed by atoms with van der Waals surface area (Å²) in [5.74, 6) is 1.02. The van der Waals surface area contributed by atoms with Gasteiger partial charge >= 0.3 is 0 Å². The predicted molar refractivity (Wildman–Crippen MR) is 117 cm³/mol. The van der Waals surface area contributed by atoms with Gasteiger partial charge in [-0.15, -0.1) is 0 Å². The van der Waals surface area contributed by atoms with Crippen LogP contribution in [-0.2, 0) is 0 Å². The molecule has 142 valence electrons. The lowest BCUT2D eigenvalue weighted by molar-refractivity contribution is 0.454. The van der Waals surface area contributed by atoms with Gasteiger partial charge < -0.3 is 14.2 Å². The van der Waals surface area contributed by atoms with Crippen molar-refractivity contribution >= 4 is 39.1 Å². The summed E-state index contributed by atoms with van der Waals surface area (Å²) in [4.78, 5) is 9.53. The topological polar surface area (TPSA) is 32.5 Å². The Morgan fingerprint density at radius 3 is 2.54 bits per heavy atom. The zero-order chi connectivity index (χ0) is 19.6. The molecule has 2 aromatic carbocycles. The van der Waals surface area contributed by atoms with Crippen LogP contribution in [0, 0.1) is 6.92 Å². The summed E-state index contributed by atoms with van der Waals surface area (Å²) in [6, 6.07) is 17.1. The van der Waals surface area contributed by atoms with E-state index < -0.39 is 0 Å². The molecule has 0 fully saturated rings. The Morgan fingerprint density at radius 2 is 1.75 bits per heavy atom. The fourth-order valence-corrected chi connectivity index (χ4v) is 4.83. The summed E-state index contributed by atoms with van der Waals surface area (Å²) in [7, 11) is 0. The van der Waals surface area contributed by atoms with Crippen molar-refractivity contribution in [3.8, 4) is 0 Å². The highest BCUT2D eigenvalue weighted by molar-refractivity contribution is 6.10. The Kier molecular flexibility index (Phi) is 3.51. The Balaban J connectivity index is 1.86. The van der Waals surface area contributed by atoms with Gasteiger partial charge in [-0.1, -0.05) is 30.3 Å². The molecule has 28 heavy (non-hydrogen) atoms. The van der Waals surface area contributed by atoms with Crippen LogP contribution in [-0.4, -0.2) is 16.7 Å². The molecule has 1 aliphatic heterocycles. The zero-order valence-corrected chi connectivity index (χ0v) is 17.0. The van der Waals surface area contributed by atoms with Crippen LogP contribution >= 0.6 is 0 Å². The number of hydrogen-bond acceptors (Lipinski definition) is 4. The Morgan fingerprint density at radius 1 is 0.964 bits per heavy atom. The second-order valence-electron chi connectivity index (χ2n) is 8.35. The average Bonchev–Trinajstić information content (AvgIpc) is 3.13. The van der Waals surface area contributed by atoms with Crippen LogP contribution in [0.15, 0.2) is 59.1 Å². The van der Waals surface area contributed by atoms with Crippen molar-refractivity contribution in [1.29, 1.82) is 0 Å². The Hall–Kier alpha value is -3.01. The molecule has 0 saturated heterocycles. The Bertz CT molecular complexity index is 1210. The number of anilines is 3. The average molecular weight is 371 g/mol. The molecule has 0 N–H and O–H groups in total. The summed E-state index contributed by atoms with van der Waals surface area (Å²) in [5.41, 5.74) is 5.03. The lowest BCUT2D eigenvalue weighted by Gasteiger charge is -2.42. The van der Waals surface area contributed by atoms with E-state index in [0.29, 0.717) is 6.04 Å². The second-order valence-corrected chi connectivity index (χ2v) is 8.35. The van der Waals surface area contributed by atoms with Gasteiger partial charge in [-0.3, -0.25) is 0 Å². The van der Waals surface area contributed by atoms with E-state index in [2.05, 4.69) is 74.8 Å². The van der Waals surface area contributed by atoms with E-state index in [9.17, 15) is 0 Å². The molecule has 4 nitrogen and oxygen atoms in total. The molecule has 0 spiro atoms. The van der Waals surface area contributed by atoms with Gasteiger partial charge in [0.05, 0.1) is 11.4 Å². The number of fused-ring (bicyclic) bond motifs is 4. The lowest BCUT2D eigenvalue weighted by atomic mass is 10.0. The first kappa shape index (κ1) is 17.1. The molecule has 0 radical (unpaired) electrons. The van der Waals surface area contributed by atoms with E-state index in [1.165, 1.54) is 5.56 Å². The van der Waals surface area contributed by atoms with Crippen LogP contribution in [0.5, 0.6) is 0 Å². The second kappa shape index (κ2) is 5.74. The minimum atomic E-state index is -0.275. The molecule has 0 bridgehead atoms. The summed E-state index contributed by atoms with van der Waals surface area (Å²) < 4.78 is 6.40. The molecular formula is C24H25N3O. The van der Waals surface area contributed by atoms with Crippen LogP contribution < -0.4 is 9.80 Å². The van der Waals surface area contributed by atoms with Gasteiger partial charge in [-0.2, -0.15) is 0 Å². The van der Waals surface area contributed by atoms with Crippen LogP contribution in [0.4, 0.5) is 17.2 Å². The third-order valence-corrected chi connectivity index (χ3v) is 5.83. The van der Waals surface area contributed by atoms with E-state index in [-0.39, 0.29) is 5.66 Å². The van der Waals surface area contributed by atoms with E-state index in [1.54, 1.807) is 0 Å². The van der Waals surface area contributed by atoms with Gasteiger partial charge in [0.25, 0.3) is 0 Å². The first-order valence-electron chi connectivity index (χ1n) is 9.86. The standard InChI is InChI=1S/C24H25N3O/c1-15(2)26-23-19(10-8-14-25-23)27(24(26,4)5)21-16(3)12-13-18-17-9-6-7-11-20(17)28-22(18)21/h6-15H,1-5H3. The highest BCUT2D eigenvalue weighted by Gasteiger charge is 2.46. The van der Waals surface area contributed by atoms with Gasteiger partial charge in [0.15, 0.2) is 11.4 Å². The van der Waals surface area contributed by atoms with Crippen molar-refractivity contribution in [2.45, 2.75) is 46.3 Å². The number of furan rings is 1. The normalized spacial score (nSPS) is 15.8. The number of aryl methyl sites for hydroxylation is 1. The molecular weight excluding hydrogens is 346 g/mol. The summed E-state index contributed by atoms with van der Waals surface area (Å²) in [6.45, 7) is 11.1. The molecule has 2 aromatic heterocycles. The van der Waals surface area contributed by atoms with Crippen molar-refractivity contribution in [3.05, 3.63) is 60.3 Å². The molecule has 0 atom stereocenters. The SMILES string of the molecule is Cc1ccc2c(oc3ccccc32)c1N1c2cccnc2N(C(C)C)C1(C)C. The maximum atomic E-state index is 6.40. The molecule has 0 aliphatic carbocycles. The van der Waals surface area contributed by atoms with Crippen LogP contribution in [0.1, 0.15) is 33.3 Å². The monoisotopic (exact) mass is 371 g/mol. The Labute approximate surface area is 165 Å². The van der Waals surface area contributed by atoms with E-state index in [4.69, 9.17) is 9.40 Å². The number of nitrogens with zero attached hydrogens (tertiary/aromatic N) is 3. The first-order valence-corrected chi connectivity index (χ1v) is 9.86. The molecule has 1 aliphatic rings. The number of pyridine rings is 1. The highest BCUT2D eigenvalue weighted by atomic mass is 16.3. The number of hydrogen-bond donors (Lipinski definition) is 0. The third kappa shape index (κ3) is 2.15. The first-order chi connectivity index (χ1) is 13.4. The molecule has 0 saturated carbocycles. The van der Waals surface area contributed by atoms with Crippen molar-refractivity contribution in [2.75, 3.05) is 9.80 Å². The zero-order valence-electron chi connectivity index (χ0n) is 17.0. The van der Waals surface area contributed by atoms with Crippen LogP contribution in [0.2, 0.25) is 0 Å². The smallest absolute Gasteiger partial charge is 0.159 e. The molecule has 3 heterocycles. The summed E-state index contributed by atoms with van der Waals surface area (Å²) in [5, 5.41) is 2.31. The van der Waals surface area contributed by atoms with E-state index in [1.807, 2.05) is 24.4 Å². The quantitative estimate of drug-likeness (QED) is 0.408. The molecule has 5 rings (SSSR count). The minimum absolute atomic E-state index is 0.275. The number of benzene rings is 2. The van der Waals surface area contributed by atoms with Gasteiger partial charge in [0.1, 0.15) is 11.2 Å². The van der Waals surface area contributed by atoms with Crippen LogP contribution in [0.25, 0.3) is 21.9 Å². The maximum Gasteiger partial charge on any atom is 0.159 e. The number of para-hydroxylation sites is 1. The fraction of sp³-hybridized carbons (Fsp3) is 0.292. The van der Waals surface area contributed by atoms with Crippen molar-refractivity contribution < 1.29 is 4.42 Å². The van der Waals surface area contributed by atoms with E-state index in [0.717, 1.165) is 39.1 Å². The third-order valence-electron chi connectivity index (χ3n) is 5.83. The molecule has 0 amide bonds. The number of rotatable bonds is 2. The van der Waals surface area contributed by atoms with Gasteiger partial charge in [-0.25, -0.2) is 4.98 Å². The maximum absolute atomic E-state index is 6.40. The van der Waals surface area contributed by atoms with E-state index >= 15 is 0 Å². The number of aromatic nitrogens is 1.